The summed E-state index contributed by atoms with van der Waals surface area (Å²) in [6.07, 6.45) is 0.678. The molecular weight excluding hydrogens is 278 g/mol. The molecule has 0 unspecified atom stereocenters. The van der Waals surface area contributed by atoms with Gasteiger partial charge in [-0.1, -0.05) is 12.1 Å². The number of fused-ring (bicyclic) bond motifs is 1. The monoisotopic (exact) mass is 295 g/mol. The standard InChI is InChI=1S/C18H17NO3/c1-11-18(22)9-14-7-12(2-4-16(14)19-11)6-13-3-5-17(21)15(8-13)10-20/h2-5,7-9,20-22H,6,10H2,1H3. The first kappa shape index (κ1) is 14.4. The summed E-state index contributed by atoms with van der Waals surface area (Å²) >= 11 is 0. The van der Waals surface area contributed by atoms with Crippen molar-refractivity contribution in [2.24, 2.45) is 0 Å². The molecule has 22 heavy (non-hydrogen) atoms. The fraction of sp³-hybridized carbons (Fsp3) is 0.167. The van der Waals surface area contributed by atoms with E-state index in [0.29, 0.717) is 17.7 Å². The molecule has 1 aromatic heterocycles. The Morgan fingerprint density at radius 2 is 1.64 bits per heavy atom. The van der Waals surface area contributed by atoms with Crippen LogP contribution in [0.15, 0.2) is 42.5 Å². The number of phenols is 1. The molecule has 0 atom stereocenters. The number of hydrogen-bond acceptors (Lipinski definition) is 4. The average molecular weight is 295 g/mol. The number of aliphatic hydroxyl groups excluding tert-OH is 1. The van der Waals surface area contributed by atoms with Gasteiger partial charge in [-0.25, -0.2) is 4.98 Å². The van der Waals surface area contributed by atoms with Crippen LogP contribution in [0.25, 0.3) is 10.9 Å². The van der Waals surface area contributed by atoms with Crippen LogP contribution in [0, 0.1) is 6.92 Å². The highest BCUT2D eigenvalue weighted by Gasteiger charge is 2.06. The predicted octanol–water partition coefficient (Wildman–Crippen LogP) is 3.04. The Hall–Kier alpha value is -2.59. The minimum atomic E-state index is -0.186. The molecule has 2 aromatic carbocycles. The molecule has 112 valence electrons. The molecule has 0 saturated heterocycles. The topological polar surface area (TPSA) is 73.6 Å². The summed E-state index contributed by atoms with van der Waals surface area (Å²) in [4.78, 5) is 4.35. The summed E-state index contributed by atoms with van der Waals surface area (Å²) in [6, 6.07) is 12.9. The first-order chi connectivity index (χ1) is 10.6. The van der Waals surface area contributed by atoms with Crippen LogP contribution < -0.4 is 0 Å². The van der Waals surface area contributed by atoms with Crippen LogP contribution in [0.1, 0.15) is 22.4 Å². The van der Waals surface area contributed by atoms with Crippen molar-refractivity contribution in [2.45, 2.75) is 20.0 Å². The van der Waals surface area contributed by atoms with Crippen molar-refractivity contribution in [3.63, 3.8) is 0 Å². The normalized spacial score (nSPS) is 11.0. The lowest BCUT2D eigenvalue weighted by atomic mass is 10.0. The van der Waals surface area contributed by atoms with Gasteiger partial charge in [0.1, 0.15) is 11.5 Å². The maximum absolute atomic E-state index is 9.78. The molecular formula is C18H17NO3. The smallest absolute Gasteiger partial charge is 0.137 e. The van der Waals surface area contributed by atoms with Gasteiger partial charge < -0.3 is 15.3 Å². The Balaban J connectivity index is 1.95. The van der Waals surface area contributed by atoms with Gasteiger partial charge in [0.25, 0.3) is 0 Å². The van der Waals surface area contributed by atoms with E-state index in [1.165, 1.54) is 0 Å². The molecule has 4 nitrogen and oxygen atoms in total. The van der Waals surface area contributed by atoms with Crippen molar-refractivity contribution >= 4 is 10.9 Å². The first-order valence-electron chi connectivity index (χ1n) is 7.07. The van der Waals surface area contributed by atoms with Crippen molar-refractivity contribution in [1.82, 2.24) is 4.98 Å². The number of benzene rings is 2. The quantitative estimate of drug-likeness (QED) is 0.694. The van der Waals surface area contributed by atoms with E-state index in [9.17, 15) is 15.3 Å². The highest BCUT2D eigenvalue weighted by Crippen LogP contribution is 2.24. The van der Waals surface area contributed by atoms with E-state index in [1.54, 1.807) is 25.1 Å². The highest BCUT2D eigenvalue weighted by atomic mass is 16.3. The van der Waals surface area contributed by atoms with Gasteiger partial charge in [-0.15, -0.1) is 0 Å². The molecule has 0 radical (unpaired) electrons. The zero-order valence-corrected chi connectivity index (χ0v) is 12.2. The SMILES string of the molecule is Cc1nc2ccc(Cc3ccc(O)c(CO)c3)cc2cc1O. The summed E-state index contributed by atoms with van der Waals surface area (Å²) in [6.45, 7) is 1.59. The third kappa shape index (κ3) is 2.73. The molecule has 0 aliphatic heterocycles. The van der Waals surface area contributed by atoms with Crippen LogP contribution in [0.2, 0.25) is 0 Å². The molecule has 0 fully saturated rings. The highest BCUT2D eigenvalue weighted by molar-refractivity contribution is 5.81. The van der Waals surface area contributed by atoms with Crippen molar-refractivity contribution in [2.75, 3.05) is 0 Å². The summed E-state index contributed by atoms with van der Waals surface area (Å²) in [5.41, 5.74) is 4.07. The number of hydrogen-bond donors (Lipinski definition) is 3. The van der Waals surface area contributed by atoms with Crippen LogP contribution >= 0.6 is 0 Å². The van der Waals surface area contributed by atoms with Crippen molar-refractivity contribution in [3.8, 4) is 11.5 Å². The van der Waals surface area contributed by atoms with Crippen LogP contribution in [0.5, 0.6) is 11.5 Å². The summed E-state index contributed by atoms with van der Waals surface area (Å²) < 4.78 is 0. The maximum atomic E-state index is 9.78. The van der Waals surface area contributed by atoms with Gasteiger partial charge in [-0.2, -0.15) is 0 Å². The molecule has 0 aliphatic rings. The molecule has 3 N–H and O–H groups in total. The predicted molar refractivity (Wildman–Crippen MR) is 85.0 cm³/mol. The fourth-order valence-corrected chi connectivity index (χ4v) is 2.53. The van der Waals surface area contributed by atoms with Crippen molar-refractivity contribution in [1.29, 1.82) is 0 Å². The van der Waals surface area contributed by atoms with Crippen LogP contribution in [0.4, 0.5) is 0 Å². The number of aliphatic hydroxyl groups is 1. The molecule has 0 saturated carbocycles. The van der Waals surface area contributed by atoms with Gasteiger partial charge in [0.15, 0.2) is 0 Å². The second kappa shape index (κ2) is 5.66. The number of nitrogens with zero attached hydrogens (tertiary/aromatic N) is 1. The minimum Gasteiger partial charge on any atom is -0.508 e. The number of aromatic hydroxyl groups is 2. The average Bonchev–Trinajstić information content (AvgIpc) is 2.50. The molecule has 3 rings (SSSR count). The minimum absolute atomic E-state index is 0.106. The van der Waals surface area contributed by atoms with Crippen LogP contribution in [0.3, 0.4) is 0 Å². The van der Waals surface area contributed by atoms with E-state index in [4.69, 9.17) is 0 Å². The summed E-state index contributed by atoms with van der Waals surface area (Å²) in [5, 5.41) is 29.5. The Morgan fingerprint density at radius 1 is 0.909 bits per heavy atom. The molecule has 0 spiro atoms. The number of aryl methyl sites for hydroxylation is 1. The summed E-state index contributed by atoms with van der Waals surface area (Å²) in [7, 11) is 0. The molecule has 1 heterocycles. The zero-order valence-electron chi connectivity index (χ0n) is 12.2. The number of pyridine rings is 1. The second-order valence-electron chi connectivity index (χ2n) is 5.42. The van der Waals surface area contributed by atoms with Gasteiger partial charge in [0, 0.05) is 10.9 Å². The van der Waals surface area contributed by atoms with E-state index < -0.39 is 0 Å². The third-order valence-electron chi connectivity index (χ3n) is 3.77. The number of rotatable bonds is 3. The molecule has 0 bridgehead atoms. The molecule has 3 aromatic rings. The van der Waals surface area contributed by atoms with Gasteiger partial charge in [0.05, 0.1) is 17.8 Å². The van der Waals surface area contributed by atoms with Gasteiger partial charge in [-0.3, -0.25) is 0 Å². The maximum Gasteiger partial charge on any atom is 0.137 e. The van der Waals surface area contributed by atoms with Crippen LogP contribution in [-0.4, -0.2) is 20.3 Å². The van der Waals surface area contributed by atoms with E-state index in [0.717, 1.165) is 22.0 Å². The van der Waals surface area contributed by atoms with E-state index >= 15 is 0 Å². The van der Waals surface area contributed by atoms with Gasteiger partial charge in [-0.05, 0) is 54.8 Å². The van der Waals surface area contributed by atoms with Crippen molar-refractivity contribution in [3.05, 3.63) is 64.8 Å². The largest absolute Gasteiger partial charge is 0.508 e. The third-order valence-corrected chi connectivity index (χ3v) is 3.77. The van der Waals surface area contributed by atoms with Crippen LogP contribution in [-0.2, 0) is 13.0 Å². The number of aromatic nitrogens is 1. The Labute approximate surface area is 128 Å². The Morgan fingerprint density at radius 3 is 2.41 bits per heavy atom. The zero-order chi connectivity index (χ0) is 15.7. The summed E-state index contributed by atoms with van der Waals surface area (Å²) in [5.74, 6) is 0.297. The molecule has 4 heteroatoms. The van der Waals surface area contributed by atoms with E-state index in [1.807, 2.05) is 24.3 Å². The van der Waals surface area contributed by atoms with Gasteiger partial charge >= 0.3 is 0 Å². The van der Waals surface area contributed by atoms with Crippen molar-refractivity contribution < 1.29 is 15.3 Å². The first-order valence-corrected chi connectivity index (χ1v) is 7.07. The fourth-order valence-electron chi connectivity index (χ4n) is 2.53. The lowest BCUT2D eigenvalue weighted by Gasteiger charge is -2.08. The Kier molecular flexibility index (Phi) is 3.69. The second-order valence-corrected chi connectivity index (χ2v) is 5.42. The lowest BCUT2D eigenvalue weighted by Crippen LogP contribution is -1.93. The van der Waals surface area contributed by atoms with E-state index in [-0.39, 0.29) is 18.1 Å². The Bertz CT molecular complexity index is 843. The molecule has 0 aliphatic carbocycles. The van der Waals surface area contributed by atoms with Gasteiger partial charge in [0.2, 0.25) is 0 Å². The lowest BCUT2D eigenvalue weighted by molar-refractivity contribution is 0.275. The molecule has 0 amide bonds. The van der Waals surface area contributed by atoms with E-state index in [2.05, 4.69) is 4.98 Å².